The number of nitrogens with one attached hydrogen (secondary N) is 1. The van der Waals surface area contributed by atoms with E-state index in [1.165, 1.54) is 0 Å². The minimum Gasteiger partial charge on any atom is -0.309 e. The summed E-state index contributed by atoms with van der Waals surface area (Å²) in [5.74, 6) is -0.847. The minimum atomic E-state index is -4.51. The molecule has 1 heterocycles. The van der Waals surface area contributed by atoms with Gasteiger partial charge in [0.25, 0.3) is 0 Å². The van der Waals surface area contributed by atoms with Crippen LogP contribution in [-0.2, 0) is 12.7 Å². The molecule has 0 aromatic heterocycles. The van der Waals surface area contributed by atoms with Gasteiger partial charge in [0.05, 0.1) is 5.56 Å². The van der Waals surface area contributed by atoms with Crippen LogP contribution in [0.4, 0.5) is 17.6 Å². The van der Waals surface area contributed by atoms with E-state index in [1.54, 1.807) is 0 Å². The van der Waals surface area contributed by atoms with Gasteiger partial charge in [0.1, 0.15) is 5.82 Å². The van der Waals surface area contributed by atoms with Crippen molar-refractivity contribution in [3.8, 4) is 0 Å². The predicted octanol–water partition coefficient (Wildman–Crippen LogP) is 3.42. The fourth-order valence-electron chi connectivity index (χ4n) is 2.69. The highest BCUT2D eigenvalue weighted by Crippen LogP contribution is 2.30. The van der Waals surface area contributed by atoms with Crippen LogP contribution in [-0.4, -0.2) is 30.6 Å². The summed E-state index contributed by atoms with van der Waals surface area (Å²) < 4.78 is 51.2. The van der Waals surface area contributed by atoms with E-state index in [4.69, 9.17) is 0 Å². The first-order chi connectivity index (χ1) is 9.88. The van der Waals surface area contributed by atoms with Crippen LogP contribution in [0.2, 0.25) is 0 Å². The Balaban J connectivity index is 1.98. The zero-order chi connectivity index (χ0) is 15.5. The molecule has 0 spiro atoms. The molecule has 0 bridgehead atoms. The van der Waals surface area contributed by atoms with Crippen molar-refractivity contribution in [1.82, 2.24) is 10.2 Å². The van der Waals surface area contributed by atoms with Gasteiger partial charge in [0.2, 0.25) is 0 Å². The van der Waals surface area contributed by atoms with Crippen molar-refractivity contribution in [1.29, 1.82) is 0 Å². The Morgan fingerprint density at radius 1 is 1.29 bits per heavy atom. The summed E-state index contributed by atoms with van der Waals surface area (Å²) >= 11 is 0. The van der Waals surface area contributed by atoms with E-state index in [-0.39, 0.29) is 12.6 Å². The molecule has 1 N–H and O–H groups in total. The summed E-state index contributed by atoms with van der Waals surface area (Å²) in [6, 6.07) is 2.94. The number of likely N-dealkylation sites (N-methyl/N-ethyl adjacent to an activating group) is 1. The Morgan fingerprint density at radius 2 is 2.05 bits per heavy atom. The summed E-state index contributed by atoms with van der Waals surface area (Å²) in [7, 11) is 0. The van der Waals surface area contributed by atoms with Crippen molar-refractivity contribution in [2.45, 2.75) is 38.5 Å². The molecule has 2 rings (SSSR count). The molecular formula is C15H20F4N2. The molecule has 1 aromatic rings. The van der Waals surface area contributed by atoms with Crippen molar-refractivity contribution in [3.05, 3.63) is 35.1 Å². The summed E-state index contributed by atoms with van der Waals surface area (Å²) in [4.78, 5) is 2.30. The van der Waals surface area contributed by atoms with Gasteiger partial charge in [-0.25, -0.2) is 4.39 Å². The predicted molar refractivity (Wildman–Crippen MR) is 73.4 cm³/mol. The fraction of sp³-hybridized carbons (Fsp3) is 0.600. The first-order valence-electron chi connectivity index (χ1n) is 7.21. The maximum absolute atomic E-state index is 13.3. The van der Waals surface area contributed by atoms with E-state index in [2.05, 4.69) is 17.1 Å². The molecule has 0 aliphatic carbocycles. The number of piperidine rings is 1. The van der Waals surface area contributed by atoms with Crippen LogP contribution < -0.4 is 5.32 Å². The van der Waals surface area contributed by atoms with Gasteiger partial charge in [-0.3, -0.25) is 0 Å². The van der Waals surface area contributed by atoms with Crippen LogP contribution >= 0.6 is 0 Å². The largest absolute Gasteiger partial charge is 0.416 e. The smallest absolute Gasteiger partial charge is 0.309 e. The lowest BCUT2D eigenvalue weighted by molar-refractivity contribution is -0.137. The number of likely N-dealkylation sites (tertiary alicyclic amines) is 1. The third-order valence-electron chi connectivity index (χ3n) is 3.83. The molecule has 118 valence electrons. The quantitative estimate of drug-likeness (QED) is 0.858. The Bertz CT molecular complexity index is 473. The first kappa shape index (κ1) is 16.2. The number of rotatable bonds is 4. The molecule has 1 fully saturated rings. The molecule has 1 atom stereocenters. The van der Waals surface area contributed by atoms with Crippen molar-refractivity contribution in [2.24, 2.45) is 0 Å². The maximum Gasteiger partial charge on any atom is 0.416 e. The van der Waals surface area contributed by atoms with Gasteiger partial charge in [-0.05, 0) is 49.7 Å². The zero-order valence-corrected chi connectivity index (χ0v) is 12.0. The molecule has 1 aliphatic rings. The van der Waals surface area contributed by atoms with Crippen LogP contribution in [0.1, 0.15) is 30.9 Å². The van der Waals surface area contributed by atoms with Crippen LogP contribution in [0.25, 0.3) is 0 Å². The van der Waals surface area contributed by atoms with Gasteiger partial charge in [-0.15, -0.1) is 0 Å². The van der Waals surface area contributed by atoms with Crippen molar-refractivity contribution >= 4 is 0 Å². The number of hydrogen-bond acceptors (Lipinski definition) is 2. The third-order valence-corrected chi connectivity index (χ3v) is 3.83. The van der Waals surface area contributed by atoms with Crippen LogP contribution in [0.3, 0.4) is 0 Å². The zero-order valence-electron chi connectivity index (χ0n) is 12.0. The second-order valence-corrected chi connectivity index (χ2v) is 5.46. The molecule has 2 nitrogen and oxygen atoms in total. The van der Waals surface area contributed by atoms with Gasteiger partial charge in [-0.1, -0.05) is 6.92 Å². The standard InChI is InChI=1S/C15H20F4N2/c1-2-21-5-3-4-14(10-21)20-9-11-6-12(15(17,18)19)8-13(16)7-11/h6-8,14,20H,2-5,9-10H2,1H3. The Hall–Kier alpha value is -1.14. The SMILES string of the molecule is CCN1CCCC(NCc2cc(F)cc(C(F)(F)F)c2)C1. The van der Waals surface area contributed by atoms with Crippen LogP contribution in [0.5, 0.6) is 0 Å². The Labute approximate surface area is 122 Å². The lowest BCUT2D eigenvalue weighted by Crippen LogP contribution is -2.45. The van der Waals surface area contributed by atoms with Gasteiger partial charge >= 0.3 is 6.18 Å². The molecule has 21 heavy (non-hydrogen) atoms. The third kappa shape index (κ3) is 4.68. The molecule has 0 radical (unpaired) electrons. The van der Waals surface area contributed by atoms with Gasteiger partial charge in [0.15, 0.2) is 0 Å². The average molecular weight is 304 g/mol. The topological polar surface area (TPSA) is 15.3 Å². The second-order valence-electron chi connectivity index (χ2n) is 5.46. The molecular weight excluding hydrogens is 284 g/mol. The van der Waals surface area contributed by atoms with E-state index in [1.807, 2.05) is 0 Å². The molecule has 0 amide bonds. The lowest BCUT2D eigenvalue weighted by Gasteiger charge is -2.32. The van der Waals surface area contributed by atoms with Crippen molar-refractivity contribution < 1.29 is 17.6 Å². The highest BCUT2D eigenvalue weighted by molar-refractivity contribution is 5.26. The Kier molecular flexibility index (Phi) is 5.22. The number of nitrogens with zero attached hydrogens (tertiary/aromatic N) is 1. The van der Waals surface area contributed by atoms with E-state index >= 15 is 0 Å². The monoisotopic (exact) mass is 304 g/mol. The molecule has 1 unspecified atom stereocenters. The summed E-state index contributed by atoms with van der Waals surface area (Å²) in [6.07, 6.45) is -2.44. The van der Waals surface area contributed by atoms with E-state index in [9.17, 15) is 17.6 Å². The summed E-state index contributed by atoms with van der Waals surface area (Å²) in [6.45, 7) is 5.26. The molecule has 0 saturated carbocycles. The Morgan fingerprint density at radius 3 is 2.71 bits per heavy atom. The number of benzene rings is 1. The van der Waals surface area contributed by atoms with E-state index in [0.29, 0.717) is 11.6 Å². The van der Waals surface area contributed by atoms with E-state index < -0.39 is 17.6 Å². The second kappa shape index (κ2) is 6.75. The molecule has 1 aliphatic heterocycles. The highest BCUT2D eigenvalue weighted by Gasteiger charge is 2.31. The number of alkyl halides is 3. The van der Waals surface area contributed by atoms with Crippen molar-refractivity contribution in [3.63, 3.8) is 0 Å². The lowest BCUT2D eigenvalue weighted by atomic mass is 10.0. The van der Waals surface area contributed by atoms with Gasteiger partial charge in [0, 0.05) is 19.1 Å². The van der Waals surface area contributed by atoms with Gasteiger partial charge in [-0.2, -0.15) is 13.2 Å². The maximum atomic E-state index is 13.3. The molecule has 1 saturated heterocycles. The first-order valence-corrected chi connectivity index (χ1v) is 7.21. The molecule has 6 heteroatoms. The molecule has 1 aromatic carbocycles. The minimum absolute atomic E-state index is 0.247. The summed E-state index contributed by atoms with van der Waals surface area (Å²) in [5.41, 5.74) is -0.603. The average Bonchev–Trinajstić information content (AvgIpc) is 2.44. The van der Waals surface area contributed by atoms with E-state index in [0.717, 1.165) is 44.6 Å². The number of halogens is 4. The fourth-order valence-corrected chi connectivity index (χ4v) is 2.69. The van der Waals surface area contributed by atoms with Gasteiger partial charge < -0.3 is 10.2 Å². The summed E-state index contributed by atoms with van der Waals surface area (Å²) in [5, 5.41) is 3.23. The van der Waals surface area contributed by atoms with Crippen LogP contribution in [0, 0.1) is 5.82 Å². The van der Waals surface area contributed by atoms with Crippen LogP contribution in [0.15, 0.2) is 18.2 Å². The normalized spacial score (nSPS) is 20.7. The number of hydrogen-bond donors (Lipinski definition) is 1. The van der Waals surface area contributed by atoms with Crippen molar-refractivity contribution in [2.75, 3.05) is 19.6 Å². The highest BCUT2D eigenvalue weighted by atomic mass is 19.4.